The number of hydrogen-bond acceptors (Lipinski definition) is 4. The molecule has 0 N–H and O–H groups in total. The van der Waals surface area contributed by atoms with Crippen LogP contribution in [0.4, 0.5) is 0 Å². The number of benzene rings is 2. The fraction of sp³-hybridized carbons (Fsp3) is 0.444. The number of nitrogens with zero attached hydrogens (tertiary/aromatic N) is 1. The van der Waals surface area contributed by atoms with Crippen LogP contribution in [0.25, 0.3) is 10.9 Å². The molecule has 0 atom stereocenters. The summed E-state index contributed by atoms with van der Waals surface area (Å²) in [6.45, 7) is 9.73. The largest absolute Gasteiger partial charge is 0.489 e. The second kappa shape index (κ2) is 11.6. The van der Waals surface area contributed by atoms with Crippen molar-refractivity contribution in [1.29, 1.82) is 0 Å². The number of fused-ring (bicyclic) bond motifs is 1. The first kappa shape index (κ1) is 23.7. The predicted octanol–water partition coefficient (Wildman–Crippen LogP) is 6.35. The van der Waals surface area contributed by atoms with Crippen LogP contribution >= 0.6 is 0 Å². The summed E-state index contributed by atoms with van der Waals surface area (Å²) in [5.41, 5.74) is 1.77. The van der Waals surface area contributed by atoms with Crippen molar-refractivity contribution >= 4 is 10.9 Å². The first-order valence-corrected chi connectivity index (χ1v) is 11.7. The SMILES string of the molecule is CCCCOc1c(OC(C)C)c(=O)n(CCCC)c2cc(OCc3ccccc3)ccc12. The van der Waals surface area contributed by atoms with Crippen LogP contribution in [0.5, 0.6) is 17.2 Å². The fourth-order valence-electron chi connectivity index (χ4n) is 3.55. The third kappa shape index (κ3) is 5.84. The summed E-state index contributed by atoms with van der Waals surface area (Å²) in [7, 11) is 0. The minimum atomic E-state index is -0.147. The summed E-state index contributed by atoms with van der Waals surface area (Å²) in [5, 5.41) is 0.875. The smallest absolute Gasteiger partial charge is 0.297 e. The van der Waals surface area contributed by atoms with Gasteiger partial charge in [-0.25, -0.2) is 0 Å². The number of aryl methyl sites for hydroxylation is 1. The zero-order valence-electron chi connectivity index (χ0n) is 19.7. The molecule has 0 bridgehead atoms. The molecule has 0 saturated heterocycles. The molecule has 0 saturated carbocycles. The van der Waals surface area contributed by atoms with E-state index in [1.54, 1.807) is 4.57 Å². The first-order chi connectivity index (χ1) is 15.5. The Balaban J connectivity index is 2.08. The number of aromatic nitrogens is 1. The molecule has 0 aliphatic rings. The molecule has 0 fully saturated rings. The summed E-state index contributed by atoms with van der Waals surface area (Å²) in [4.78, 5) is 13.5. The van der Waals surface area contributed by atoms with Gasteiger partial charge in [0.25, 0.3) is 5.56 Å². The van der Waals surface area contributed by atoms with Gasteiger partial charge in [-0.1, -0.05) is 57.0 Å². The van der Waals surface area contributed by atoms with E-state index in [4.69, 9.17) is 14.2 Å². The number of hydrogen-bond donors (Lipinski definition) is 0. The third-order valence-corrected chi connectivity index (χ3v) is 5.23. The monoisotopic (exact) mass is 437 g/mol. The van der Waals surface area contributed by atoms with E-state index in [-0.39, 0.29) is 11.7 Å². The standard InChI is InChI=1S/C27H35NO4/c1-5-7-16-28-24-18-22(31-19-21-12-10-9-11-13-21)14-15-23(24)25(30-17-8-6-2)26(27(28)29)32-20(3)4/h9-15,18,20H,5-8,16-17,19H2,1-4H3. The lowest BCUT2D eigenvalue weighted by Gasteiger charge is -2.20. The summed E-state index contributed by atoms with van der Waals surface area (Å²) >= 11 is 0. The lowest BCUT2D eigenvalue weighted by molar-refractivity contribution is 0.216. The molecule has 0 aliphatic heterocycles. The Morgan fingerprint density at radius 3 is 2.34 bits per heavy atom. The molecule has 2 aromatic carbocycles. The van der Waals surface area contributed by atoms with E-state index in [9.17, 15) is 4.79 Å². The molecule has 32 heavy (non-hydrogen) atoms. The van der Waals surface area contributed by atoms with E-state index in [2.05, 4.69) is 13.8 Å². The van der Waals surface area contributed by atoms with Gasteiger partial charge in [0.15, 0.2) is 5.75 Å². The van der Waals surface area contributed by atoms with E-state index in [0.717, 1.165) is 47.9 Å². The van der Waals surface area contributed by atoms with E-state index >= 15 is 0 Å². The van der Waals surface area contributed by atoms with Crippen LogP contribution in [0.2, 0.25) is 0 Å². The van der Waals surface area contributed by atoms with Gasteiger partial charge in [-0.15, -0.1) is 0 Å². The van der Waals surface area contributed by atoms with Crippen molar-refractivity contribution in [3.05, 3.63) is 64.4 Å². The Morgan fingerprint density at radius 2 is 1.66 bits per heavy atom. The molecule has 0 aliphatic carbocycles. The van der Waals surface area contributed by atoms with Gasteiger partial charge in [-0.2, -0.15) is 0 Å². The van der Waals surface area contributed by atoms with Crippen molar-refractivity contribution < 1.29 is 14.2 Å². The van der Waals surface area contributed by atoms with Crippen LogP contribution < -0.4 is 19.8 Å². The quantitative estimate of drug-likeness (QED) is 0.310. The highest BCUT2D eigenvalue weighted by Crippen LogP contribution is 2.35. The average molecular weight is 438 g/mol. The van der Waals surface area contributed by atoms with Gasteiger partial charge in [0.2, 0.25) is 5.75 Å². The summed E-state index contributed by atoms with van der Waals surface area (Å²) < 4.78 is 20.0. The Labute approximate surface area is 190 Å². The molecule has 3 rings (SSSR count). The molecule has 1 heterocycles. The van der Waals surface area contributed by atoms with Crippen molar-refractivity contribution in [2.75, 3.05) is 6.61 Å². The second-order valence-electron chi connectivity index (χ2n) is 8.29. The van der Waals surface area contributed by atoms with Crippen molar-refractivity contribution in [3.8, 4) is 17.2 Å². The van der Waals surface area contributed by atoms with Crippen molar-refractivity contribution in [1.82, 2.24) is 4.57 Å². The van der Waals surface area contributed by atoms with E-state index in [1.807, 2.05) is 62.4 Å². The summed E-state index contributed by atoms with van der Waals surface area (Å²) in [6.07, 6.45) is 3.71. The molecule has 0 unspecified atom stereocenters. The van der Waals surface area contributed by atoms with Crippen molar-refractivity contribution in [2.24, 2.45) is 0 Å². The fourth-order valence-corrected chi connectivity index (χ4v) is 3.55. The molecular weight excluding hydrogens is 402 g/mol. The molecule has 172 valence electrons. The molecule has 0 spiro atoms. The Kier molecular flexibility index (Phi) is 8.60. The normalized spacial score (nSPS) is 11.2. The highest BCUT2D eigenvalue weighted by molar-refractivity contribution is 5.89. The zero-order valence-corrected chi connectivity index (χ0v) is 19.7. The average Bonchev–Trinajstić information content (AvgIpc) is 2.80. The van der Waals surface area contributed by atoms with Crippen LogP contribution in [0.3, 0.4) is 0 Å². The maximum atomic E-state index is 13.5. The highest BCUT2D eigenvalue weighted by atomic mass is 16.5. The second-order valence-corrected chi connectivity index (χ2v) is 8.29. The van der Waals surface area contributed by atoms with Gasteiger partial charge >= 0.3 is 0 Å². The van der Waals surface area contributed by atoms with Crippen LogP contribution in [-0.4, -0.2) is 17.3 Å². The Hall–Kier alpha value is -2.95. The molecular formula is C27H35NO4. The summed E-state index contributed by atoms with van der Waals surface area (Å²) in [6, 6.07) is 15.9. The predicted molar refractivity (Wildman–Crippen MR) is 130 cm³/mol. The van der Waals surface area contributed by atoms with Crippen LogP contribution in [-0.2, 0) is 13.2 Å². The molecule has 5 nitrogen and oxygen atoms in total. The lowest BCUT2D eigenvalue weighted by Crippen LogP contribution is -2.25. The molecule has 0 amide bonds. The maximum Gasteiger partial charge on any atom is 0.297 e. The van der Waals surface area contributed by atoms with Crippen molar-refractivity contribution in [2.45, 2.75) is 72.6 Å². The van der Waals surface area contributed by atoms with E-state index in [1.165, 1.54) is 0 Å². The van der Waals surface area contributed by atoms with Gasteiger partial charge < -0.3 is 18.8 Å². The van der Waals surface area contributed by atoms with Crippen molar-refractivity contribution in [3.63, 3.8) is 0 Å². The van der Waals surface area contributed by atoms with Gasteiger partial charge in [-0.05, 0) is 44.4 Å². The van der Waals surface area contributed by atoms with Crippen LogP contribution in [0, 0.1) is 0 Å². The number of ether oxygens (including phenoxy) is 3. The zero-order chi connectivity index (χ0) is 22.9. The van der Waals surface area contributed by atoms with Gasteiger partial charge in [0.05, 0.1) is 18.2 Å². The molecule has 1 aromatic heterocycles. The Bertz CT molecular complexity index is 1060. The summed E-state index contributed by atoms with van der Waals surface area (Å²) in [5.74, 6) is 1.57. The molecule has 0 radical (unpaired) electrons. The minimum absolute atomic E-state index is 0.123. The molecule has 3 aromatic rings. The number of unbranched alkanes of at least 4 members (excludes halogenated alkanes) is 2. The van der Waals surface area contributed by atoms with Gasteiger partial charge in [0.1, 0.15) is 12.4 Å². The minimum Gasteiger partial charge on any atom is -0.489 e. The highest BCUT2D eigenvalue weighted by Gasteiger charge is 2.21. The van der Waals surface area contributed by atoms with Gasteiger partial charge in [-0.3, -0.25) is 4.79 Å². The van der Waals surface area contributed by atoms with E-state index < -0.39 is 0 Å². The first-order valence-electron chi connectivity index (χ1n) is 11.7. The van der Waals surface area contributed by atoms with Crippen LogP contribution in [0.1, 0.15) is 58.9 Å². The topological polar surface area (TPSA) is 49.7 Å². The third-order valence-electron chi connectivity index (χ3n) is 5.23. The maximum absolute atomic E-state index is 13.5. The number of rotatable bonds is 12. The van der Waals surface area contributed by atoms with Gasteiger partial charge in [0, 0.05) is 18.0 Å². The lowest BCUT2D eigenvalue weighted by atomic mass is 10.1. The Morgan fingerprint density at radius 1 is 0.906 bits per heavy atom. The number of pyridine rings is 1. The molecule has 5 heteroatoms. The van der Waals surface area contributed by atoms with E-state index in [0.29, 0.717) is 31.3 Å². The van der Waals surface area contributed by atoms with Crippen LogP contribution in [0.15, 0.2) is 53.3 Å².